The Hall–Kier alpha value is -0.480. The molecule has 1 aromatic rings. The molecular weight excluding hydrogens is 457 g/mol. The van der Waals surface area contributed by atoms with E-state index in [1.807, 2.05) is 26.2 Å². The molecule has 0 saturated carbocycles. The van der Waals surface area contributed by atoms with Crippen molar-refractivity contribution in [2.45, 2.75) is 31.2 Å². The summed E-state index contributed by atoms with van der Waals surface area (Å²) in [5.74, 6) is 1.67. The van der Waals surface area contributed by atoms with Gasteiger partial charge in [-0.1, -0.05) is 25.1 Å². The van der Waals surface area contributed by atoms with Gasteiger partial charge in [0.15, 0.2) is 15.8 Å². The average molecular weight is 485 g/mol. The number of sulfone groups is 1. The Morgan fingerprint density at radius 3 is 2.46 bits per heavy atom. The highest BCUT2D eigenvalue weighted by molar-refractivity contribution is 14.0. The maximum Gasteiger partial charge on any atom is 0.191 e. The standard InChI is InChI=1S/C16H27N3O2S2.HI/c1-4-14(19-16(17-5-2)18-11-12-22-3)13-23(20,21)15-9-7-6-8-10-15;/h6-10,14H,4-5,11-13H2,1-3H3,(H2,17,18,19);1H. The monoisotopic (exact) mass is 485 g/mol. The summed E-state index contributed by atoms with van der Waals surface area (Å²) in [4.78, 5) is 4.84. The minimum absolute atomic E-state index is 0. The first-order valence-electron chi connectivity index (χ1n) is 7.85. The first kappa shape index (κ1) is 23.5. The van der Waals surface area contributed by atoms with Gasteiger partial charge in [-0.05, 0) is 31.7 Å². The fourth-order valence-corrected chi connectivity index (χ4v) is 3.90. The molecule has 0 saturated heterocycles. The average Bonchev–Trinajstić information content (AvgIpc) is 2.55. The van der Waals surface area contributed by atoms with E-state index in [9.17, 15) is 8.42 Å². The van der Waals surface area contributed by atoms with Crippen molar-refractivity contribution in [3.05, 3.63) is 30.3 Å². The van der Waals surface area contributed by atoms with Crippen LogP contribution in [0.4, 0.5) is 0 Å². The number of hydrogen-bond donors (Lipinski definition) is 2. The number of aliphatic imine (C=N–C) groups is 1. The van der Waals surface area contributed by atoms with Crippen LogP contribution in [0.1, 0.15) is 20.3 Å². The fraction of sp³-hybridized carbons (Fsp3) is 0.562. The molecule has 0 aliphatic carbocycles. The second-order valence-corrected chi connectivity index (χ2v) is 8.12. The van der Waals surface area contributed by atoms with Crippen molar-refractivity contribution in [1.29, 1.82) is 0 Å². The highest BCUT2D eigenvalue weighted by Gasteiger charge is 2.20. The van der Waals surface area contributed by atoms with Crippen molar-refractivity contribution >= 4 is 51.5 Å². The lowest BCUT2D eigenvalue weighted by atomic mass is 10.3. The van der Waals surface area contributed by atoms with Crippen LogP contribution in [0.25, 0.3) is 0 Å². The molecular formula is C16H28IN3O2S2. The number of guanidine groups is 1. The van der Waals surface area contributed by atoms with Gasteiger partial charge in [-0.2, -0.15) is 11.8 Å². The SMILES string of the molecule is CCNC(=NCCSC)NC(CC)CS(=O)(=O)c1ccccc1.I. The van der Waals surface area contributed by atoms with Crippen molar-refractivity contribution < 1.29 is 8.42 Å². The summed E-state index contributed by atoms with van der Waals surface area (Å²) in [5, 5.41) is 6.41. The van der Waals surface area contributed by atoms with Gasteiger partial charge in [-0.3, -0.25) is 4.99 Å². The lowest BCUT2D eigenvalue weighted by Crippen LogP contribution is -2.46. The zero-order valence-corrected chi connectivity index (χ0v) is 18.5. The molecule has 0 aliphatic rings. The Morgan fingerprint density at radius 1 is 1.25 bits per heavy atom. The maximum absolute atomic E-state index is 12.5. The van der Waals surface area contributed by atoms with E-state index in [4.69, 9.17) is 0 Å². The number of nitrogens with zero attached hydrogens (tertiary/aromatic N) is 1. The summed E-state index contributed by atoms with van der Waals surface area (Å²) in [6.07, 6.45) is 2.75. The second-order valence-electron chi connectivity index (χ2n) is 5.10. The number of hydrogen-bond acceptors (Lipinski definition) is 4. The molecule has 0 amide bonds. The fourth-order valence-electron chi connectivity index (χ4n) is 2.01. The number of thioether (sulfide) groups is 1. The predicted molar refractivity (Wildman–Crippen MR) is 115 cm³/mol. The smallest absolute Gasteiger partial charge is 0.191 e. The van der Waals surface area contributed by atoms with E-state index >= 15 is 0 Å². The van der Waals surface area contributed by atoms with Crippen molar-refractivity contribution in [2.24, 2.45) is 4.99 Å². The van der Waals surface area contributed by atoms with Crippen LogP contribution in [0.5, 0.6) is 0 Å². The normalized spacial score (nSPS) is 13.0. The van der Waals surface area contributed by atoms with Gasteiger partial charge in [0.25, 0.3) is 0 Å². The van der Waals surface area contributed by atoms with E-state index in [1.54, 1.807) is 36.0 Å². The highest BCUT2D eigenvalue weighted by atomic mass is 127. The van der Waals surface area contributed by atoms with Gasteiger partial charge in [0.05, 0.1) is 17.2 Å². The molecule has 5 nitrogen and oxygen atoms in total. The van der Waals surface area contributed by atoms with Crippen LogP contribution in [-0.2, 0) is 9.84 Å². The molecule has 138 valence electrons. The Kier molecular flexibility index (Phi) is 12.6. The third-order valence-electron chi connectivity index (χ3n) is 3.27. The van der Waals surface area contributed by atoms with Gasteiger partial charge in [0.1, 0.15) is 0 Å². The Bertz CT molecular complexity index is 580. The van der Waals surface area contributed by atoms with Crippen LogP contribution in [0.3, 0.4) is 0 Å². The molecule has 0 radical (unpaired) electrons. The molecule has 1 atom stereocenters. The van der Waals surface area contributed by atoms with E-state index in [0.717, 1.165) is 12.3 Å². The zero-order chi connectivity index (χ0) is 17.1. The molecule has 24 heavy (non-hydrogen) atoms. The Morgan fingerprint density at radius 2 is 1.92 bits per heavy atom. The van der Waals surface area contributed by atoms with E-state index in [0.29, 0.717) is 23.8 Å². The van der Waals surface area contributed by atoms with Crippen molar-refractivity contribution in [1.82, 2.24) is 10.6 Å². The molecule has 1 aromatic carbocycles. The second kappa shape index (κ2) is 12.8. The minimum Gasteiger partial charge on any atom is -0.357 e. The van der Waals surface area contributed by atoms with Crippen LogP contribution in [-0.4, -0.2) is 51.3 Å². The van der Waals surface area contributed by atoms with Crippen LogP contribution < -0.4 is 10.6 Å². The van der Waals surface area contributed by atoms with Gasteiger partial charge < -0.3 is 10.6 Å². The van der Waals surface area contributed by atoms with Crippen LogP contribution in [0.2, 0.25) is 0 Å². The van der Waals surface area contributed by atoms with Crippen LogP contribution in [0, 0.1) is 0 Å². The highest BCUT2D eigenvalue weighted by Crippen LogP contribution is 2.12. The van der Waals surface area contributed by atoms with Crippen molar-refractivity contribution in [3.63, 3.8) is 0 Å². The molecule has 0 fully saturated rings. The van der Waals surface area contributed by atoms with Crippen LogP contribution in [0.15, 0.2) is 40.2 Å². The topological polar surface area (TPSA) is 70.6 Å². The number of nitrogens with one attached hydrogen (secondary N) is 2. The number of benzene rings is 1. The van der Waals surface area contributed by atoms with E-state index in [1.165, 1.54) is 0 Å². The lowest BCUT2D eigenvalue weighted by Gasteiger charge is -2.20. The quantitative estimate of drug-likeness (QED) is 0.244. The predicted octanol–water partition coefficient (Wildman–Crippen LogP) is 2.78. The lowest BCUT2D eigenvalue weighted by molar-refractivity contribution is 0.569. The molecule has 0 spiro atoms. The third kappa shape index (κ3) is 8.57. The molecule has 8 heteroatoms. The van der Waals surface area contributed by atoms with Crippen molar-refractivity contribution in [3.8, 4) is 0 Å². The first-order valence-corrected chi connectivity index (χ1v) is 10.9. The summed E-state index contributed by atoms with van der Waals surface area (Å²) in [6.45, 7) is 5.42. The maximum atomic E-state index is 12.5. The van der Waals surface area contributed by atoms with Crippen LogP contribution >= 0.6 is 35.7 Å². The summed E-state index contributed by atoms with van der Waals surface area (Å²) in [5.41, 5.74) is 0. The molecule has 0 heterocycles. The summed E-state index contributed by atoms with van der Waals surface area (Å²) < 4.78 is 25.0. The van der Waals surface area contributed by atoms with Gasteiger partial charge in [0.2, 0.25) is 0 Å². The number of halogens is 1. The largest absolute Gasteiger partial charge is 0.357 e. The molecule has 0 aromatic heterocycles. The zero-order valence-electron chi connectivity index (χ0n) is 14.5. The van der Waals surface area contributed by atoms with Gasteiger partial charge in [-0.25, -0.2) is 8.42 Å². The molecule has 0 bridgehead atoms. The van der Waals surface area contributed by atoms with Gasteiger partial charge in [-0.15, -0.1) is 24.0 Å². The van der Waals surface area contributed by atoms with E-state index in [-0.39, 0.29) is 35.8 Å². The number of rotatable bonds is 9. The molecule has 2 N–H and O–H groups in total. The Labute approximate surface area is 167 Å². The van der Waals surface area contributed by atoms with Gasteiger partial charge in [0, 0.05) is 18.3 Å². The first-order chi connectivity index (χ1) is 11.0. The van der Waals surface area contributed by atoms with E-state index in [2.05, 4.69) is 15.6 Å². The summed E-state index contributed by atoms with van der Waals surface area (Å²) in [6, 6.07) is 8.41. The van der Waals surface area contributed by atoms with E-state index < -0.39 is 9.84 Å². The third-order valence-corrected chi connectivity index (χ3v) is 5.69. The molecule has 1 rings (SSSR count). The molecule has 0 aliphatic heterocycles. The summed E-state index contributed by atoms with van der Waals surface area (Å²) in [7, 11) is -3.31. The summed E-state index contributed by atoms with van der Waals surface area (Å²) >= 11 is 1.74. The van der Waals surface area contributed by atoms with Crippen molar-refractivity contribution in [2.75, 3.05) is 30.9 Å². The Balaban J connectivity index is 0.00000529. The molecule has 1 unspecified atom stereocenters. The minimum atomic E-state index is -3.31. The van der Waals surface area contributed by atoms with Gasteiger partial charge >= 0.3 is 0 Å².